The number of alkyl halides is 3. The van der Waals surface area contributed by atoms with E-state index in [0.29, 0.717) is 11.1 Å². The van der Waals surface area contributed by atoms with Gasteiger partial charge in [-0.2, -0.15) is 13.2 Å². The van der Waals surface area contributed by atoms with E-state index < -0.39 is 16.8 Å². The fraction of sp³-hybridized carbons (Fsp3) is 0.0556. The lowest BCUT2D eigenvalue weighted by Gasteiger charge is -2.18. The number of nitrogens with zero attached hydrogens (tertiary/aromatic N) is 1. The van der Waals surface area contributed by atoms with Crippen LogP contribution in [0.15, 0.2) is 54.9 Å². The van der Waals surface area contributed by atoms with Crippen LogP contribution in [0.4, 0.5) is 13.2 Å². The molecule has 0 saturated carbocycles. The maximum Gasteiger partial charge on any atom is 0.417 e. The minimum atomic E-state index is -4.61. The van der Waals surface area contributed by atoms with Gasteiger partial charge in [0.1, 0.15) is 0 Å². The van der Waals surface area contributed by atoms with Gasteiger partial charge >= 0.3 is 6.18 Å². The van der Waals surface area contributed by atoms with Crippen molar-refractivity contribution < 1.29 is 13.2 Å². The Labute approximate surface area is 146 Å². The first kappa shape index (κ1) is 16.8. The van der Waals surface area contributed by atoms with E-state index in [0.717, 1.165) is 6.07 Å². The third-order valence-electron chi connectivity index (χ3n) is 3.46. The molecule has 1 heterocycles. The third kappa shape index (κ3) is 3.12. The zero-order valence-electron chi connectivity index (χ0n) is 12.0. The molecule has 0 spiro atoms. The average Bonchev–Trinajstić information content (AvgIpc) is 2.56. The summed E-state index contributed by atoms with van der Waals surface area (Å²) < 4.78 is 40.3. The van der Waals surface area contributed by atoms with Crippen LogP contribution < -0.4 is 0 Å². The van der Waals surface area contributed by atoms with Crippen molar-refractivity contribution in [3.63, 3.8) is 0 Å². The van der Waals surface area contributed by atoms with Gasteiger partial charge in [0.25, 0.3) is 0 Å². The summed E-state index contributed by atoms with van der Waals surface area (Å²) in [5, 5.41) is -0.316. The summed E-state index contributed by atoms with van der Waals surface area (Å²) in [5.41, 5.74) is 0.242. The molecule has 0 aliphatic rings. The van der Waals surface area contributed by atoms with Crippen molar-refractivity contribution >= 4 is 23.2 Å². The lowest BCUT2D eigenvalue weighted by molar-refractivity contribution is -0.137. The normalized spacial score (nSPS) is 11.5. The molecule has 0 N–H and O–H groups in total. The Kier molecular flexibility index (Phi) is 4.52. The van der Waals surface area contributed by atoms with E-state index in [1.54, 1.807) is 36.4 Å². The Morgan fingerprint density at radius 1 is 1.00 bits per heavy atom. The largest absolute Gasteiger partial charge is 0.417 e. The quantitative estimate of drug-likeness (QED) is 0.501. The van der Waals surface area contributed by atoms with E-state index in [4.69, 9.17) is 23.2 Å². The first-order valence-corrected chi connectivity index (χ1v) is 7.62. The predicted octanol–water partition coefficient (Wildman–Crippen LogP) is 6.54. The summed E-state index contributed by atoms with van der Waals surface area (Å²) in [5.74, 6) is 0. The molecule has 1 aromatic heterocycles. The molecule has 0 saturated heterocycles. The van der Waals surface area contributed by atoms with Gasteiger partial charge in [0.2, 0.25) is 0 Å². The van der Waals surface area contributed by atoms with Gasteiger partial charge in [0.15, 0.2) is 0 Å². The summed E-state index contributed by atoms with van der Waals surface area (Å²) in [6.45, 7) is 0. The number of halogens is 5. The average molecular weight is 367 g/mol. The van der Waals surface area contributed by atoms with Crippen LogP contribution in [0.1, 0.15) is 5.56 Å². The summed E-state index contributed by atoms with van der Waals surface area (Å²) >= 11 is 12.5. The zero-order chi connectivity index (χ0) is 17.3. The Morgan fingerprint density at radius 3 is 2.38 bits per heavy atom. The summed E-state index contributed by atoms with van der Waals surface area (Å²) in [6.07, 6.45) is -1.67. The number of benzene rings is 2. The Morgan fingerprint density at radius 2 is 1.79 bits per heavy atom. The first-order valence-electron chi connectivity index (χ1n) is 6.86. The third-order valence-corrected chi connectivity index (χ3v) is 4.24. The van der Waals surface area contributed by atoms with Crippen molar-refractivity contribution in [1.82, 2.24) is 4.98 Å². The number of rotatable bonds is 2. The van der Waals surface area contributed by atoms with Crippen molar-refractivity contribution in [2.24, 2.45) is 0 Å². The zero-order valence-corrected chi connectivity index (χ0v) is 13.5. The predicted molar refractivity (Wildman–Crippen MR) is 89.0 cm³/mol. The van der Waals surface area contributed by atoms with E-state index in [-0.39, 0.29) is 16.1 Å². The topological polar surface area (TPSA) is 12.9 Å². The Bertz CT molecular complexity index is 863. The standard InChI is InChI=1S/C18H9Cl2F3N/c19-16-13(11-5-2-1-3-6-11)9-14(18(21,22)23)17(20)15(16)12-7-4-8-24-10-12/h1-5,7-10H. The van der Waals surface area contributed by atoms with Gasteiger partial charge in [0.05, 0.1) is 15.6 Å². The molecule has 0 unspecified atom stereocenters. The molecule has 6 heteroatoms. The molecule has 0 aliphatic heterocycles. The molecule has 1 radical (unpaired) electrons. The van der Waals surface area contributed by atoms with Gasteiger partial charge in [-0.15, -0.1) is 0 Å². The van der Waals surface area contributed by atoms with Crippen LogP contribution in [-0.2, 0) is 6.18 Å². The van der Waals surface area contributed by atoms with Gasteiger partial charge in [-0.3, -0.25) is 4.98 Å². The second kappa shape index (κ2) is 6.46. The van der Waals surface area contributed by atoms with Crippen LogP contribution in [-0.4, -0.2) is 4.98 Å². The summed E-state index contributed by atoms with van der Waals surface area (Å²) in [6, 6.07) is 13.7. The SMILES string of the molecule is FC(F)(F)c1cc(-c2[c]cccc2)c(Cl)c(-c2cccnc2)c1Cl. The molecule has 3 aromatic rings. The van der Waals surface area contributed by atoms with Gasteiger partial charge in [-0.05, 0) is 23.8 Å². The highest BCUT2D eigenvalue weighted by molar-refractivity contribution is 6.41. The second-order valence-electron chi connectivity index (χ2n) is 4.99. The van der Waals surface area contributed by atoms with Crippen LogP contribution in [0.2, 0.25) is 10.0 Å². The second-order valence-corrected chi connectivity index (χ2v) is 5.75. The van der Waals surface area contributed by atoms with Crippen molar-refractivity contribution in [2.75, 3.05) is 0 Å². The maximum absolute atomic E-state index is 13.4. The molecule has 3 rings (SSSR count). The number of pyridine rings is 1. The molecule has 0 aliphatic carbocycles. The lowest BCUT2D eigenvalue weighted by Crippen LogP contribution is -2.07. The van der Waals surface area contributed by atoms with E-state index in [2.05, 4.69) is 11.1 Å². The Balaban J connectivity index is 2.37. The highest BCUT2D eigenvalue weighted by atomic mass is 35.5. The number of hydrogen-bond acceptors (Lipinski definition) is 1. The summed E-state index contributed by atoms with van der Waals surface area (Å²) in [4.78, 5) is 3.93. The molecule has 121 valence electrons. The van der Waals surface area contributed by atoms with E-state index in [1.807, 2.05) is 0 Å². The van der Waals surface area contributed by atoms with E-state index >= 15 is 0 Å². The molecule has 1 nitrogen and oxygen atoms in total. The highest BCUT2D eigenvalue weighted by Crippen LogP contribution is 2.47. The maximum atomic E-state index is 13.4. The van der Waals surface area contributed by atoms with Crippen molar-refractivity contribution in [3.05, 3.63) is 76.5 Å². The molecular formula is C18H9Cl2F3N. The Hall–Kier alpha value is -2.04. The van der Waals surface area contributed by atoms with Gasteiger partial charge in [0, 0.05) is 29.1 Å². The minimum absolute atomic E-state index is 0.105. The van der Waals surface area contributed by atoms with E-state index in [1.165, 1.54) is 12.4 Å². The van der Waals surface area contributed by atoms with Crippen LogP contribution in [0.5, 0.6) is 0 Å². The summed E-state index contributed by atoms with van der Waals surface area (Å²) in [7, 11) is 0. The number of aromatic nitrogens is 1. The highest BCUT2D eigenvalue weighted by Gasteiger charge is 2.36. The molecule has 0 atom stereocenters. The van der Waals surface area contributed by atoms with Crippen LogP contribution in [0.3, 0.4) is 0 Å². The van der Waals surface area contributed by atoms with Gasteiger partial charge in [-0.25, -0.2) is 0 Å². The smallest absolute Gasteiger partial charge is 0.264 e. The van der Waals surface area contributed by atoms with Gasteiger partial charge in [-0.1, -0.05) is 53.5 Å². The lowest BCUT2D eigenvalue weighted by atomic mass is 9.96. The monoisotopic (exact) mass is 366 g/mol. The van der Waals surface area contributed by atoms with Crippen molar-refractivity contribution in [1.29, 1.82) is 0 Å². The fourth-order valence-corrected chi connectivity index (χ4v) is 3.14. The first-order chi connectivity index (χ1) is 11.4. The minimum Gasteiger partial charge on any atom is -0.264 e. The van der Waals surface area contributed by atoms with Crippen molar-refractivity contribution in [2.45, 2.75) is 6.18 Å². The molecule has 2 aromatic carbocycles. The fourth-order valence-electron chi connectivity index (χ4n) is 2.36. The van der Waals surface area contributed by atoms with Crippen LogP contribution in [0, 0.1) is 6.07 Å². The molecule has 0 fully saturated rings. The van der Waals surface area contributed by atoms with Crippen LogP contribution in [0.25, 0.3) is 22.3 Å². The molecular weight excluding hydrogens is 358 g/mol. The number of hydrogen-bond donors (Lipinski definition) is 0. The van der Waals surface area contributed by atoms with E-state index in [9.17, 15) is 13.2 Å². The van der Waals surface area contributed by atoms with Gasteiger partial charge < -0.3 is 0 Å². The van der Waals surface area contributed by atoms with Crippen LogP contribution >= 0.6 is 23.2 Å². The molecule has 0 amide bonds. The molecule has 0 bridgehead atoms. The molecule has 24 heavy (non-hydrogen) atoms. The van der Waals surface area contributed by atoms with Crippen molar-refractivity contribution in [3.8, 4) is 22.3 Å².